The van der Waals surface area contributed by atoms with Crippen LogP contribution in [-0.4, -0.2) is 96.7 Å². The molecule has 0 fully saturated rings. The topological polar surface area (TPSA) is 237 Å². The van der Waals surface area contributed by atoms with Gasteiger partial charge in [-0.3, -0.25) is 37.3 Å². The summed E-state index contributed by atoms with van der Waals surface area (Å²) >= 11 is 0. The molecule has 0 rings (SSSR count). The number of carbonyl (C=O) groups excluding carboxylic acids is 4. The van der Waals surface area contributed by atoms with Crippen LogP contribution in [-0.2, 0) is 65.4 Å². The van der Waals surface area contributed by atoms with Crippen LogP contribution in [0.4, 0.5) is 0 Å². The first-order valence-corrected chi connectivity index (χ1v) is 44.4. The highest BCUT2D eigenvalue weighted by molar-refractivity contribution is 7.47. The number of allylic oxidation sites excluding steroid dienone is 22. The van der Waals surface area contributed by atoms with E-state index in [1.54, 1.807) is 0 Å². The number of rotatable bonds is 77. The molecule has 608 valence electrons. The second-order valence-electron chi connectivity index (χ2n) is 27.3. The lowest BCUT2D eigenvalue weighted by molar-refractivity contribution is -0.161. The molecule has 0 spiro atoms. The predicted molar refractivity (Wildman–Crippen MR) is 436 cm³/mol. The number of ether oxygens (including phenoxy) is 4. The Hall–Kier alpha value is -4.80. The fourth-order valence-electron chi connectivity index (χ4n) is 10.9. The molecule has 19 heteroatoms. The first-order valence-electron chi connectivity index (χ1n) is 41.4. The predicted octanol–water partition coefficient (Wildman–Crippen LogP) is 24.4. The van der Waals surface area contributed by atoms with E-state index in [4.69, 9.17) is 37.0 Å². The third-order valence-corrected chi connectivity index (χ3v) is 19.0. The maximum atomic E-state index is 13.1. The molecule has 0 amide bonds. The van der Waals surface area contributed by atoms with Gasteiger partial charge < -0.3 is 33.8 Å². The monoisotopic (exact) mass is 1530 g/mol. The molecule has 0 saturated heterocycles. The first-order chi connectivity index (χ1) is 51.7. The van der Waals surface area contributed by atoms with Gasteiger partial charge in [-0.05, 0) is 154 Å². The van der Waals surface area contributed by atoms with Crippen molar-refractivity contribution in [3.8, 4) is 0 Å². The van der Waals surface area contributed by atoms with Crippen LogP contribution >= 0.6 is 15.6 Å². The van der Waals surface area contributed by atoms with Crippen molar-refractivity contribution in [3.05, 3.63) is 134 Å². The molecule has 0 aromatic rings. The zero-order valence-electron chi connectivity index (χ0n) is 66.6. The average molecular weight is 1530 g/mol. The van der Waals surface area contributed by atoms with E-state index < -0.39 is 97.5 Å². The Morgan fingerprint density at radius 3 is 0.764 bits per heavy atom. The molecule has 106 heavy (non-hydrogen) atoms. The van der Waals surface area contributed by atoms with Crippen LogP contribution < -0.4 is 0 Å². The van der Waals surface area contributed by atoms with Gasteiger partial charge in [0.1, 0.15) is 19.3 Å². The quantitative estimate of drug-likeness (QED) is 0.0169. The Kier molecular flexibility index (Phi) is 74.8. The maximum Gasteiger partial charge on any atom is 0.472 e. The second-order valence-corrected chi connectivity index (χ2v) is 30.2. The molecule has 5 unspecified atom stereocenters. The van der Waals surface area contributed by atoms with Crippen molar-refractivity contribution in [2.24, 2.45) is 0 Å². The molecular weight excluding hydrogens is 1380 g/mol. The highest BCUT2D eigenvalue weighted by Gasteiger charge is 2.30. The van der Waals surface area contributed by atoms with E-state index in [-0.39, 0.29) is 25.7 Å². The summed E-state index contributed by atoms with van der Waals surface area (Å²) in [5.74, 6) is -2.22. The number of unbranched alkanes of at least 4 members (excludes halogenated alkanes) is 29. The highest BCUT2D eigenvalue weighted by Crippen LogP contribution is 2.45. The van der Waals surface area contributed by atoms with Crippen LogP contribution in [0.1, 0.15) is 336 Å². The highest BCUT2D eigenvalue weighted by atomic mass is 31.2. The van der Waals surface area contributed by atoms with Crippen molar-refractivity contribution < 1.29 is 80.2 Å². The minimum Gasteiger partial charge on any atom is -0.462 e. The van der Waals surface area contributed by atoms with Crippen LogP contribution in [0.15, 0.2) is 134 Å². The number of aliphatic hydroxyl groups excluding tert-OH is 1. The minimum atomic E-state index is -4.99. The lowest BCUT2D eigenvalue weighted by Gasteiger charge is -2.21. The third kappa shape index (κ3) is 77.4. The number of hydrogen-bond acceptors (Lipinski definition) is 15. The molecule has 0 aliphatic carbocycles. The molecule has 5 atom stereocenters. The van der Waals surface area contributed by atoms with E-state index in [1.807, 2.05) is 0 Å². The van der Waals surface area contributed by atoms with Crippen LogP contribution in [0, 0.1) is 0 Å². The summed E-state index contributed by atoms with van der Waals surface area (Å²) in [5.41, 5.74) is 0. The molecule has 0 aliphatic rings. The van der Waals surface area contributed by atoms with Crippen molar-refractivity contribution in [1.82, 2.24) is 0 Å². The van der Waals surface area contributed by atoms with E-state index in [0.717, 1.165) is 218 Å². The molecule has 3 N–H and O–H groups in total. The summed E-state index contributed by atoms with van der Waals surface area (Å²) in [6.07, 6.45) is 88.4. The summed E-state index contributed by atoms with van der Waals surface area (Å²) in [7, 11) is -9.98. The molecule has 0 aromatic carbocycles. The van der Waals surface area contributed by atoms with Gasteiger partial charge in [-0.1, -0.05) is 290 Å². The van der Waals surface area contributed by atoms with Crippen LogP contribution in [0.3, 0.4) is 0 Å². The van der Waals surface area contributed by atoms with Gasteiger partial charge in [0.2, 0.25) is 0 Å². The summed E-state index contributed by atoms with van der Waals surface area (Å²) in [4.78, 5) is 73.2. The zero-order chi connectivity index (χ0) is 77.4. The van der Waals surface area contributed by atoms with Gasteiger partial charge in [-0.15, -0.1) is 0 Å². The van der Waals surface area contributed by atoms with Crippen molar-refractivity contribution in [2.75, 3.05) is 39.6 Å². The van der Waals surface area contributed by atoms with Gasteiger partial charge in [0.25, 0.3) is 0 Å². The number of esters is 4. The van der Waals surface area contributed by atoms with Crippen LogP contribution in [0.5, 0.6) is 0 Å². The second kappa shape index (κ2) is 78.3. The minimum absolute atomic E-state index is 0.0691. The molecular formula is C87H148O17P2. The summed E-state index contributed by atoms with van der Waals surface area (Å²) in [6, 6.07) is 0. The number of carbonyl (C=O) groups is 4. The number of phosphoric acid groups is 2. The first kappa shape index (κ1) is 101. The SMILES string of the molecule is CC/C=C\C/C=C\C/C=C\C/C=C\CCCCCCCCC(=O)OCC(COP(=O)(O)OCC(O)COP(=O)(O)OCC(COC(=O)CCCCCCCCC/C=C\C/C=C\C/C=C\CC)OC(=O)CCCCCCC/C=C\CCCCCCCC)OC(=O)CCCCCCC/C=C\C/C=C\C/C=C\CC. The summed E-state index contributed by atoms with van der Waals surface area (Å²) < 4.78 is 68.7. The maximum absolute atomic E-state index is 13.1. The van der Waals surface area contributed by atoms with Gasteiger partial charge in [0, 0.05) is 25.7 Å². The number of phosphoric ester groups is 2. The largest absolute Gasteiger partial charge is 0.472 e. The van der Waals surface area contributed by atoms with Gasteiger partial charge in [-0.2, -0.15) is 0 Å². The standard InChI is InChI=1S/C87H148O17P2/c1-5-9-13-17-21-25-29-33-37-39-40-42-46-48-52-56-60-64-68-72-85(90)98-78-83(104-87(92)74-70-66-62-58-54-50-44-36-32-28-24-20-16-12-8-4)80-102-106(95,96)100-76-81(88)75-99-105(93,94)101-79-82(103-86(91)73-69-65-61-57-53-49-43-35-31-27-23-19-15-11-7-3)77-97-84(89)71-67-63-59-55-51-47-45-41-38-34-30-26-22-18-14-10-6-2/h9-10,12-14,16,21-22,24-26,28,33-38,40,42-44,81-83,88H,5-8,11,15,17-20,23,27,29-32,39,41,45-80H2,1-4H3,(H,93,94)(H,95,96)/b13-9-,14-10-,16-12-,25-21-,26-22-,28-24-,37-33-,38-34-,42-40-,43-35-,44-36-. The molecule has 0 radical (unpaired) electrons. The van der Waals surface area contributed by atoms with Gasteiger partial charge in [0.05, 0.1) is 26.4 Å². The van der Waals surface area contributed by atoms with Gasteiger partial charge >= 0.3 is 39.5 Å². The molecule has 0 bridgehead atoms. The van der Waals surface area contributed by atoms with E-state index in [1.165, 1.54) is 38.5 Å². The van der Waals surface area contributed by atoms with E-state index >= 15 is 0 Å². The van der Waals surface area contributed by atoms with Crippen molar-refractivity contribution in [3.63, 3.8) is 0 Å². The van der Waals surface area contributed by atoms with Crippen molar-refractivity contribution in [1.29, 1.82) is 0 Å². The van der Waals surface area contributed by atoms with Crippen LogP contribution in [0.2, 0.25) is 0 Å². The smallest absolute Gasteiger partial charge is 0.462 e. The molecule has 0 aromatic heterocycles. The Labute approximate surface area is 644 Å². The Bertz CT molecular complexity index is 2530. The summed E-state index contributed by atoms with van der Waals surface area (Å²) in [6.45, 7) is 4.51. The number of aliphatic hydroxyl groups is 1. The Morgan fingerprint density at radius 2 is 0.491 bits per heavy atom. The number of hydrogen-bond donors (Lipinski definition) is 3. The molecule has 0 heterocycles. The van der Waals surface area contributed by atoms with E-state index in [0.29, 0.717) is 25.7 Å². The van der Waals surface area contributed by atoms with Crippen molar-refractivity contribution in [2.45, 2.75) is 354 Å². The third-order valence-electron chi connectivity index (χ3n) is 17.1. The van der Waals surface area contributed by atoms with E-state index in [2.05, 4.69) is 161 Å². The van der Waals surface area contributed by atoms with Crippen LogP contribution in [0.25, 0.3) is 0 Å². The lowest BCUT2D eigenvalue weighted by atomic mass is 10.1. The van der Waals surface area contributed by atoms with Crippen molar-refractivity contribution >= 4 is 39.5 Å². The average Bonchev–Trinajstić information content (AvgIpc) is 0.909. The molecule has 17 nitrogen and oxygen atoms in total. The Morgan fingerprint density at radius 1 is 0.274 bits per heavy atom. The lowest BCUT2D eigenvalue weighted by Crippen LogP contribution is -2.30. The fourth-order valence-corrected chi connectivity index (χ4v) is 12.5. The normalized spacial score (nSPS) is 14.5. The van der Waals surface area contributed by atoms with E-state index in [9.17, 15) is 43.2 Å². The Balaban J connectivity index is 5.39. The van der Waals surface area contributed by atoms with Gasteiger partial charge in [-0.25, -0.2) is 9.13 Å². The zero-order valence-corrected chi connectivity index (χ0v) is 68.4. The molecule has 0 aliphatic heterocycles. The molecule has 0 saturated carbocycles. The fraction of sp³-hybridized carbons (Fsp3) is 0.701. The summed E-state index contributed by atoms with van der Waals surface area (Å²) in [5, 5.41) is 10.7. The van der Waals surface area contributed by atoms with Gasteiger partial charge in [0.15, 0.2) is 12.2 Å².